The van der Waals surface area contributed by atoms with E-state index in [-0.39, 0.29) is 21.3 Å². The third-order valence-electron chi connectivity index (χ3n) is 4.61. The molecule has 0 saturated carbocycles. The zero-order valence-corrected chi connectivity index (χ0v) is 17.1. The summed E-state index contributed by atoms with van der Waals surface area (Å²) in [6.07, 6.45) is 0.811. The normalized spacial score (nSPS) is 24.8. The standard InChI is InChI=1S/C15H13Br2NO4S2/c16-9-2-1-8(7-10(9)17)13-14-11(3-5-23(14,19)20)18-12-4-6-24(21,22)15(12)13/h1-2,7,13,18H,3-6H2. The Balaban J connectivity index is 2.00. The first-order chi connectivity index (χ1) is 11.2. The van der Waals surface area contributed by atoms with Gasteiger partial charge in [-0.05, 0) is 49.6 Å². The van der Waals surface area contributed by atoms with E-state index in [9.17, 15) is 16.8 Å². The summed E-state index contributed by atoms with van der Waals surface area (Å²) in [6, 6.07) is 5.36. The largest absolute Gasteiger partial charge is 0.361 e. The van der Waals surface area contributed by atoms with Gasteiger partial charge in [0.1, 0.15) is 0 Å². The van der Waals surface area contributed by atoms with Crippen molar-refractivity contribution in [2.75, 3.05) is 11.5 Å². The second-order valence-electron chi connectivity index (χ2n) is 6.05. The van der Waals surface area contributed by atoms with E-state index in [1.807, 2.05) is 0 Å². The summed E-state index contributed by atoms with van der Waals surface area (Å²) in [4.78, 5) is 0.446. The van der Waals surface area contributed by atoms with Crippen LogP contribution in [0.5, 0.6) is 0 Å². The number of allylic oxidation sites excluding steroid dienone is 4. The maximum Gasteiger partial charge on any atom is 0.177 e. The molecule has 1 aromatic rings. The van der Waals surface area contributed by atoms with E-state index in [1.54, 1.807) is 18.2 Å². The molecule has 0 aliphatic carbocycles. The number of sulfone groups is 2. The van der Waals surface area contributed by atoms with Gasteiger partial charge in [-0.25, -0.2) is 16.8 Å². The summed E-state index contributed by atoms with van der Waals surface area (Å²) in [6.45, 7) is 0. The number of hydrogen-bond donors (Lipinski definition) is 1. The molecule has 1 N–H and O–H groups in total. The van der Waals surface area contributed by atoms with E-state index in [1.165, 1.54) is 0 Å². The van der Waals surface area contributed by atoms with Crippen molar-refractivity contribution in [1.82, 2.24) is 5.32 Å². The average molecular weight is 495 g/mol. The van der Waals surface area contributed by atoms with E-state index in [0.29, 0.717) is 29.8 Å². The van der Waals surface area contributed by atoms with Crippen LogP contribution in [0.25, 0.3) is 0 Å². The number of hydrogen-bond acceptors (Lipinski definition) is 5. The number of rotatable bonds is 1. The van der Waals surface area contributed by atoms with Crippen molar-refractivity contribution in [3.8, 4) is 0 Å². The lowest BCUT2D eigenvalue weighted by Gasteiger charge is -2.27. The zero-order chi connectivity index (χ0) is 17.3. The molecular formula is C15H13Br2NO4S2. The summed E-state index contributed by atoms with van der Waals surface area (Å²) in [5.74, 6) is -0.695. The number of dihydropyridines is 1. The fourth-order valence-corrected chi connectivity index (χ4v) is 7.95. The lowest BCUT2D eigenvalue weighted by Crippen LogP contribution is -2.26. The zero-order valence-electron chi connectivity index (χ0n) is 12.3. The molecule has 3 aliphatic rings. The van der Waals surface area contributed by atoms with Gasteiger partial charge in [0.05, 0.1) is 27.2 Å². The molecule has 9 heteroatoms. The van der Waals surface area contributed by atoms with Gasteiger partial charge in [0.25, 0.3) is 0 Å². The van der Waals surface area contributed by atoms with Crippen molar-refractivity contribution in [2.24, 2.45) is 0 Å². The number of nitrogens with one attached hydrogen (secondary N) is 1. The van der Waals surface area contributed by atoms with Crippen LogP contribution < -0.4 is 5.32 Å². The molecule has 1 aromatic carbocycles. The van der Waals surface area contributed by atoms with Gasteiger partial charge < -0.3 is 5.32 Å². The number of benzene rings is 1. The molecular weight excluding hydrogens is 482 g/mol. The Bertz CT molecular complexity index is 981. The Morgan fingerprint density at radius 1 is 0.875 bits per heavy atom. The molecule has 5 nitrogen and oxygen atoms in total. The summed E-state index contributed by atoms with van der Waals surface area (Å²) < 4.78 is 52.0. The van der Waals surface area contributed by atoms with Gasteiger partial charge in [-0.15, -0.1) is 0 Å². The number of halogens is 2. The van der Waals surface area contributed by atoms with E-state index in [4.69, 9.17) is 0 Å². The van der Waals surface area contributed by atoms with Gasteiger partial charge >= 0.3 is 0 Å². The highest BCUT2D eigenvalue weighted by molar-refractivity contribution is 9.13. The highest BCUT2D eigenvalue weighted by atomic mass is 79.9. The smallest absolute Gasteiger partial charge is 0.177 e. The summed E-state index contributed by atoms with van der Waals surface area (Å²) in [5.41, 5.74) is 1.97. The highest BCUT2D eigenvalue weighted by Gasteiger charge is 2.47. The van der Waals surface area contributed by atoms with E-state index in [2.05, 4.69) is 37.2 Å². The van der Waals surface area contributed by atoms with Gasteiger partial charge in [0.2, 0.25) is 0 Å². The van der Waals surface area contributed by atoms with Gasteiger partial charge in [-0.3, -0.25) is 0 Å². The molecule has 24 heavy (non-hydrogen) atoms. The fourth-order valence-electron chi connectivity index (χ4n) is 3.57. The predicted molar refractivity (Wildman–Crippen MR) is 98.6 cm³/mol. The van der Waals surface area contributed by atoms with Crippen LogP contribution in [-0.2, 0) is 19.7 Å². The SMILES string of the molecule is O=S1(=O)CCC2=C1C(c1ccc(Br)c(Br)c1)C1=C(CCS1(=O)=O)N2. The van der Waals surface area contributed by atoms with Gasteiger partial charge in [-0.2, -0.15) is 0 Å². The van der Waals surface area contributed by atoms with Crippen molar-refractivity contribution in [3.05, 3.63) is 53.9 Å². The van der Waals surface area contributed by atoms with Crippen molar-refractivity contribution in [2.45, 2.75) is 18.8 Å². The van der Waals surface area contributed by atoms with E-state index < -0.39 is 25.6 Å². The monoisotopic (exact) mass is 493 g/mol. The maximum atomic E-state index is 12.6. The average Bonchev–Trinajstić information content (AvgIpc) is 2.98. The van der Waals surface area contributed by atoms with Gasteiger partial charge in [0, 0.05) is 33.2 Å². The summed E-state index contributed by atoms with van der Waals surface area (Å²) >= 11 is 6.81. The van der Waals surface area contributed by atoms with Crippen molar-refractivity contribution < 1.29 is 16.8 Å². The maximum absolute atomic E-state index is 12.6. The van der Waals surface area contributed by atoms with Crippen LogP contribution in [0.1, 0.15) is 24.3 Å². The second kappa shape index (κ2) is 5.43. The Morgan fingerprint density at radius 2 is 1.42 bits per heavy atom. The van der Waals surface area contributed by atoms with Gasteiger partial charge in [-0.1, -0.05) is 6.07 Å². The fraction of sp³-hybridized carbons (Fsp3) is 0.333. The van der Waals surface area contributed by atoms with Crippen LogP contribution in [0.2, 0.25) is 0 Å². The molecule has 3 heterocycles. The molecule has 0 bridgehead atoms. The molecule has 0 aromatic heterocycles. The molecule has 128 valence electrons. The highest BCUT2D eigenvalue weighted by Crippen LogP contribution is 2.49. The lowest BCUT2D eigenvalue weighted by atomic mass is 9.93. The van der Waals surface area contributed by atoms with Crippen LogP contribution in [0, 0.1) is 0 Å². The van der Waals surface area contributed by atoms with Crippen molar-refractivity contribution in [3.63, 3.8) is 0 Å². The second-order valence-corrected chi connectivity index (χ2v) is 11.9. The molecule has 0 atom stereocenters. The molecule has 4 rings (SSSR count). The predicted octanol–water partition coefficient (Wildman–Crippen LogP) is 2.96. The minimum atomic E-state index is -3.46. The Kier molecular flexibility index (Phi) is 3.80. The van der Waals surface area contributed by atoms with Crippen molar-refractivity contribution in [1.29, 1.82) is 0 Å². The van der Waals surface area contributed by atoms with Crippen LogP contribution in [0.15, 0.2) is 48.3 Å². The third-order valence-corrected chi connectivity index (χ3v) is 10.3. The van der Waals surface area contributed by atoms with Crippen LogP contribution in [0.3, 0.4) is 0 Å². The molecule has 0 amide bonds. The lowest BCUT2D eigenvalue weighted by molar-refractivity contribution is 0.599. The summed E-state index contributed by atoms with van der Waals surface area (Å²) in [7, 11) is -6.93. The topological polar surface area (TPSA) is 80.3 Å². The Hall–Kier alpha value is -0.640. The van der Waals surface area contributed by atoms with E-state index >= 15 is 0 Å². The quantitative estimate of drug-likeness (QED) is 0.649. The first-order valence-corrected chi connectivity index (χ1v) is 12.2. The molecule has 0 spiro atoms. The van der Waals surface area contributed by atoms with E-state index in [0.717, 1.165) is 8.95 Å². The van der Waals surface area contributed by atoms with Gasteiger partial charge in [0.15, 0.2) is 19.7 Å². The van der Waals surface area contributed by atoms with Crippen LogP contribution in [-0.4, -0.2) is 28.3 Å². The summed E-state index contributed by atoms with van der Waals surface area (Å²) in [5, 5.41) is 3.09. The molecule has 0 radical (unpaired) electrons. The molecule has 0 fully saturated rings. The molecule has 0 unspecified atom stereocenters. The van der Waals surface area contributed by atoms with Crippen molar-refractivity contribution >= 4 is 51.5 Å². The van der Waals surface area contributed by atoms with Crippen LogP contribution >= 0.6 is 31.9 Å². The first kappa shape index (κ1) is 16.8. The minimum absolute atomic E-state index is 0.0273. The minimum Gasteiger partial charge on any atom is -0.361 e. The molecule has 3 aliphatic heterocycles. The third kappa shape index (κ3) is 2.43. The Labute approximate surface area is 157 Å². The van der Waals surface area contributed by atoms with Crippen LogP contribution in [0.4, 0.5) is 0 Å². The first-order valence-electron chi connectivity index (χ1n) is 7.34. The molecule has 0 saturated heterocycles. The Morgan fingerprint density at radius 3 is 1.92 bits per heavy atom.